The van der Waals surface area contributed by atoms with Crippen LogP contribution in [-0.2, 0) is 4.79 Å². The first-order chi connectivity index (χ1) is 17.8. The van der Waals surface area contributed by atoms with E-state index >= 15 is 0 Å². The molecule has 188 valence electrons. The molecule has 2 heterocycles. The molecule has 0 N–H and O–H groups in total. The Morgan fingerprint density at radius 2 is 1.59 bits per heavy atom. The van der Waals surface area contributed by atoms with Gasteiger partial charge in [-0.2, -0.15) is 0 Å². The molecule has 3 aromatic carbocycles. The van der Waals surface area contributed by atoms with E-state index < -0.39 is 0 Å². The highest BCUT2D eigenvalue weighted by Crippen LogP contribution is 2.42. The third kappa shape index (κ3) is 4.65. The van der Waals surface area contributed by atoms with Gasteiger partial charge in [0.2, 0.25) is 5.91 Å². The van der Waals surface area contributed by atoms with Gasteiger partial charge < -0.3 is 9.47 Å². The molecule has 0 aliphatic carbocycles. The summed E-state index contributed by atoms with van der Waals surface area (Å²) in [5, 5.41) is 0.673. The average Bonchev–Trinajstić information content (AvgIpc) is 3.38. The van der Waals surface area contributed by atoms with Gasteiger partial charge in [0.15, 0.2) is 0 Å². The summed E-state index contributed by atoms with van der Waals surface area (Å²) in [6, 6.07) is 24.4. The molecule has 0 radical (unpaired) electrons. The van der Waals surface area contributed by atoms with Crippen LogP contribution >= 0.6 is 23.2 Å². The highest BCUT2D eigenvalue weighted by atomic mass is 35.5. The van der Waals surface area contributed by atoms with Crippen LogP contribution in [0.1, 0.15) is 47.1 Å². The number of benzene rings is 3. The van der Waals surface area contributed by atoms with Gasteiger partial charge in [0, 0.05) is 17.8 Å². The lowest BCUT2D eigenvalue weighted by Crippen LogP contribution is -2.48. The van der Waals surface area contributed by atoms with Crippen LogP contribution in [0.3, 0.4) is 0 Å². The highest BCUT2D eigenvalue weighted by Gasteiger charge is 2.37. The lowest BCUT2D eigenvalue weighted by atomic mass is 9.97. The van der Waals surface area contributed by atoms with Crippen molar-refractivity contribution in [2.75, 3.05) is 11.4 Å². The summed E-state index contributed by atoms with van der Waals surface area (Å²) < 4.78 is 2.13. The smallest absolute Gasteiger partial charge is 0.254 e. The van der Waals surface area contributed by atoms with E-state index in [0.29, 0.717) is 15.6 Å². The summed E-state index contributed by atoms with van der Waals surface area (Å²) in [6.07, 6.45) is 2.02. The molecule has 1 atom stereocenters. The van der Waals surface area contributed by atoms with E-state index in [1.807, 2.05) is 68.3 Å². The number of fused-ring (bicyclic) bond motifs is 3. The van der Waals surface area contributed by atoms with E-state index in [1.165, 1.54) is 0 Å². The number of amides is 2. The minimum absolute atomic E-state index is 0.0891. The first-order valence-corrected chi connectivity index (χ1v) is 12.9. The summed E-state index contributed by atoms with van der Waals surface area (Å²) >= 11 is 12.2. The van der Waals surface area contributed by atoms with E-state index in [0.717, 1.165) is 28.2 Å². The van der Waals surface area contributed by atoms with Crippen LogP contribution in [0.25, 0.3) is 5.69 Å². The Labute approximate surface area is 226 Å². The molecule has 5 rings (SSSR count). The van der Waals surface area contributed by atoms with Crippen LogP contribution in [0.15, 0.2) is 85.1 Å². The van der Waals surface area contributed by atoms with Crippen molar-refractivity contribution in [1.29, 1.82) is 0 Å². The largest absolute Gasteiger partial charge is 0.327 e. The van der Waals surface area contributed by atoms with Gasteiger partial charge >= 0.3 is 0 Å². The quantitative estimate of drug-likeness (QED) is 0.276. The molecular formula is C30H27Cl2N3O2. The van der Waals surface area contributed by atoms with Crippen LogP contribution in [0, 0.1) is 6.92 Å². The second kappa shape index (κ2) is 10.1. The number of anilines is 1. The standard InChI is InChI=1S/C30H27Cl2N3O2/c1-19(2)34(30(37)22-14-15-23(31)24(32)17-22)18-28(36)35-26-8-5-4-7-25(26)33-16-6-9-27(33)29(35)21-12-10-20(3)11-13-21/h4-17,19,29H,18H2,1-3H3/t29-/m1/s1. The molecule has 5 nitrogen and oxygen atoms in total. The zero-order valence-corrected chi connectivity index (χ0v) is 22.4. The topological polar surface area (TPSA) is 45.6 Å². The van der Waals surface area contributed by atoms with Gasteiger partial charge in [0.25, 0.3) is 5.91 Å². The number of hydrogen-bond acceptors (Lipinski definition) is 2. The Morgan fingerprint density at radius 1 is 0.892 bits per heavy atom. The summed E-state index contributed by atoms with van der Waals surface area (Å²) in [5.41, 5.74) is 5.24. The molecule has 7 heteroatoms. The predicted molar refractivity (Wildman–Crippen MR) is 149 cm³/mol. The van der Waals surface area contributed by atoms with Crippen molar-refractivity contribution in [3.8, 4) is 5.69 Å². The Kier molecular flexibility index (Phi) is 6.84. The van der Waals surface area contributed by atoms with Gasteiger partial charge in [-0.15, -0.1) is 0 Å². The number of halogens is 2. The van der Waals surface area contributed by atoms with E-state index in [4.69, 9.17) is 23.2 Å². The van der Waals surface area contributed by atoms with E-state index in [9.17, 15) is 9.59 Å². The van der Waals surface area contributed by atoms with E-state index in [1.54, 1.807) is 23.1 Å². The summed E-state index contributed by atoms with van der Waals surface area (Å²) in [7, 11) is 0. The number of hydrogen-bond donors (Lipinski definition) is 0. The normalized spacial score (nSPS) is 14.3. The fourth-order valence-electron chi connectivity index (χ4n) is 4.83. The molecule has 4 aromatic rings. The van der Waals surface area contributed by atoms with Crippen molar-refractivity contribution in [1.82, 2.24) is 9.47 Å². The number of rotatable bonds is 5. The van der Waals surface area contributed by atoms with Crippen LogP contribution in [0.2, 0.25) is 10.0 Å². The van der Waals surface area contributed by atoms with Gasteiger partial charge in [-0.05, 0) is 68.8 Å². The van der Waals surface area contributed by atoms with Gasteiger partial charge in [0.1, 0.15) is 12.6 Å². The summed E-state index contributed by atoms with van der Waals surface area (Å²) in [6.45, 7) is 5.75. The molecule has 1 aliphatic rings. The third-order valence-electron chi connectivity index (χ3n) is 6.74. The Hall–Kier alpha value is -3.54. The van der Waals surface area contributed by atoms with Crippen LogP contribution < -0.4 is 4.90 Å². The zero-order chi connectivity index (χ0) is 26.3. The third-order valence-corrected chi connectivity index (χ3v) is 7.48. The summed E-state index contributed by atoms with van der Waals surface area (Å²) in [4.78, 5) is 31.1. The van der Waals surface area contributed by atoms with E-state index in [-0.39, 0.29) is 30.4 Å². The van der Waals surface area contributed by atoms with Crippen molar-refractivity contribution >= 4 is 40.7 Å². The molecule has 1 aliphatic heterocycles. The van der Waals surface area contributed by atoms with Crippen molar-refractivity contribution < 1.29 is 9.59 Å². The molecule has 0 saturated carbocycles. The number of carbonyl (C=O) groups is 2. The highest BCUT2D eigenvalue weighted by molar-refractivity contribution is 6.42. The van der Waals surface area contributed by atoms with Gasteiger partial charge in [-0.1, -0.05) is 65.2 Å². The number of para-hydroxylation sites is 2. The SMILES string of the molecule is Cc1ccc([C@@H]2c3cccn3-c3ccccc3N2C(=O)CN(C(=O)c2ccc(Cl)c(Cl)c2)C(C)C)cc1. The van der Waals surface area contributed by atoms with Crippen molar-refractivity contribution in [3.63, 3.8) is 0 Å². The average molecular weight is 532 g/mol. The fraction of sp³-hybridized carbons (Fsp3) is 0.200. The van der Waals surface area contributed by atoms with Gasteiger partial charge in [0.05, 0.1) is 27.1 Å². The number of nitrogens with zero attached hydrogens (tertiary/aromatic N) is 3. The first-order valence-electron chi connectivity index (χ1n) is 12.2. The molecule has 0 bridgehead atoms. The van der Waals surface area contributed by atoms with E-state index in [2.05, 4.69) is 28.8 Å². The number of aryl methyl sites for hydroxylation is 1. The van der Waals surface area contributed by atoms with Crippen molar-refractivity contribution in [3.05, 3.63) is 117 Å². The zero-order valence-electron chi connectivity index (χ0n) is 20.9. The predicted octanol–water partition coefficient (Wildman–Crippen LogP) is 7.08. The van der Waals surface area contributed by atoms with Crippen LogP contribution in [0.4, 0.5) is 5.69 Å². The lowest BCUT2D eigenvalue weighted by Gasteiger charge is -2.40. The lowest BCUT2D eigenvalue weighted by molar-refractivity contribution is -0.120. The molecule has 0 spiro atoms. The minimum Gasteiger partial charge on any atom is -0.327 e. The molecule has 1 aromatic heterocycles. The molecule has 0 unspecified atom stereocenters. The number of aromatic nitrogens is 1. The van der Waals surface area contributed by atoms with Crippen LogP contribution in [0.5, 0.6) is 0 Å². The first kappa shape index (κ1) is 25.1. The number of carbonyl (C=O) groups excluding carboxylic acids is 2. The maximum Gasteiger partial charge on any atom is 0.254 e. The van der Waals surface area contributed by atoms with Gasteiger partial charge in [-0.3, -0.25) is 14.5 Å². The minimum atomic E-state index is -0.341. The van der Waals surface area contributed by atoms with Gasteiger partial charge in [-0.25, -0.2) is 0 Å². The maximum absolute atomic E-state index is 14.2. The molecule has 0 fully saturated rings. The Bertz CT molecular complexity index is 1480. The monoisotopic (exact) mass is 531 g/mol. The fourth-order valence-corrected chi connectivity index (χ4v) is 5.13. The van der Waals surface area contributed by atoms with Crippen LogP contribution in [-0.4, -0.2) is 33.9 Å². The molecule has 2 amide bonds. The summed E-state index contributed by atoms with van der Waals surface area (Å²) in [5.74, 6) is -0.449. The van der Waals surface area contributed by atoms with Crippen molar-refractivity contribution in [2.45, 2.75) is 32.9 Å². The molecule has 0 saturated heterocycles. The maximum atomic E-state index is 14.2. The Balaban J connectivity index is 1.56. The molecular weight excluding hydrogens is 505 g/mol. The Morgan fingerprint density at radius 3 is 2.27 bits per heavy atom. The van der Waals surface area contributed by atoms with Crippen molar-refractivity contribution in [2.24, 2.45) is 0 Å². The second-order valence-electron chi connectivity index (χ2n) is 9.52. The second-order valence-corrected chi connectivity index (χ2v) is 10.3. The molecule has 37 heavy (non-hydrogen) atoms.